The van der Waals surface area contributed by atoms with Crippen molar-refractivity contribution in [2.75, 3.05) is 5.73 Å². The lowest BCUT2D eigenvalue weighted by Gasteiger charge is -2.17. The van der Waals surface area contributed by atoms with Gasteiger partial charge in [-0.05, 0) is 68.3 Å². The van der Waals surface area contributed by atoms with Gasteiger partial charge in [-0.2, -0.15) is 0 Å². The number of esters is 1. The molecule has 2 aliphatic rings. The van der Waals surface area contributed by atoms with Crippen LogP contribution in [-0.4, -0.2) is 5.97 Å². The van der Waals surface area contributed by atoms with Crippen LogP contribution in [0.3, 0.4) is 0 Å². The molecule has 1 aliphatic carbocycles. The number of carbonyl (C=O) groups excluding carboxylic acids is 1. The van der Waals surface area contributed by atoms with Gasteiger partial charge in [0.1, 0.15) is 6.61 Å². The fourth-order valence-corrected chi connectivity index (χ4v) is 3.85. The third kappa shape index (κ3) is 3.21. The molecule has 0 atom stereocenters. The molecule has 1 aliphatic heterocycles. The predicted molar refractivity (Wildman–Crippen MR) is 114 cm³/mol. The van der Waals surface area contributed by atoms with Gasteiger partial charge in [0.05, 0.1) is 19.9 Å². The zero-order chi connectivity index (χ0) is 19.8. The number of halogens is 2. The molecule has 2 aromatic carbocycles. The number of hydrogen-bond donors (Lipinski definition) is 2. The third-order valence-electron chi connectivity index (χ3n) is 4.44. The van der Waals surface area contributed by atoms with E-state index in [2.05, 4.69) is 31.9 Å². The van der Waals surface area contributed by atoms with Crippen molar-refractivity contribution in [1.82, 2.24) is 0 Å². The number of fused-ring (bicyclic) bond motifs is 2. The maximum atomic E-state index is 12.4. The molecule has 5 nitrogen and oxygen atoms in total. The van der Waals surface area contributed by atoms with Gasteiger partial charge in [-0.3, -0.25) is 5.41 Å². The molecule has 2 aromatic rings. The van der Waals surface area contributed by atoms with Crippen LogP contribution in [-0.2, 0) is 11.3 Å². The maximum absolute atomic E-state index is 12.4. The van der Waals surface area contributed by atoms with E-state index in [4.69, 9.17) is 20.3 Å². The molecule has 3 N–H and O–H groups in total. The number of anilines is 1. The number of ether oxygens (including phenoxy) is 1. The summed E-state index contributed by atoms with van der Waals surface area (Å²) in [6.45, 7) is 0.0528. The highest BCUT2D eigenvalue weighted by atomic mass is 79.9. The van der Waals surface area contributed by atoms with Crippen molar-refractivity contribution in [3.05, 3.63) is 80.0 Å². The van der Waals surface area contributed by atoms with Gasteiger partial charge in [0.15, 0.2) is 11.3 Å². The Hall–Kier alpha value is -2.64. The summed E-state index contributed by atoms with van der Waals surface area (Å²) < 4.78 is 12.8. The van der Waals surface area contributed by atoms with E-state index < -0.39 is 5.97 Å². The van der Waals surface area contributed by atoms with Gasteiger partial charge in [-0.1, -0.05) is 18.2 Å². The number of benzene rings is 3. The molecule has 0 unspecified atom stereocenters. The Morgan fingerprint density at radius 2 is 1.79 bits per heavy atom. The molecule has 0 saturated carbocycles. The number of carbonyl (C=O) groups is 1. The van der Waals surface area contributed by atoms with Crippen LogP contribution >= 0.6 is 31.9 Å². The van der Waals surface area contributed by atoms with E-state index in [0.717, 1.165) is 16.5 Å². The normalized spacial score (nSPS) is 11.1. The number of hydrogen-bond acceptors (Lipinski definition) is 5. The van der Waals surface area contributed by atoms with E-state index in [-0.39, 0.29) is 6.61 Å². The minimum Gasteiger partial charge on any atom is -0.457 e. The van der Waals surface area contributed by atoms with Crippen molar-refractivity contribution >= 4 is 54.5 Å². The molecule has 0 saturated heterocycles. The maximum Gasteiger partial charge on any atom is 0.338 e. The Labute approximate surface area is 177 Å². The molecule has 0 amide bonds. The largest absolute Gasteiger partial charge is 0.457 e. The fraction of sp³-hybridized carbons (Fsp3) is 0.0476. The zero-order valence-corrected chi connectivity index (χ0v) is 17.6. The molecule has 28 heavy (non-hydrogen) atoms. The lowest BCUT2D eigenvalue weighted by Crippen LogP contribution is -2.09. The Morgan fingerprint density at radius 1 is 1.04 bits per heavy atom. The van der Waals surface area contributed by atoms with E-state index in [1.165, 1.54) is 0 Å². The highest BCUT2D eigenvalue weighted by Crippen LogP contribution is 2.40. The Balaban J connectivity index is 1.87. The van der Waals surface area contributed by atoms with Gasteiger partial charge in [0.2, 0.25) is 0 Å². The lowest BCUT2D eigenvalue weighted by atomic mass is 10.00. The summed E-state index contributed by atoms with van der Waals surface area (Å²) in [7, 11) is 0. The summed E-state index contributed by atoms with van der Waals surface area (Å²) >= 11 is 6.90. The monoisotopic (exact) mass is 500 g/mol. The van der Waals surface area contributed by atoms with E-state index in [9.17, 15) is 4.79 Å². The SMILES string of the molecule is N=c1ccc2c(COC(=O)c3ccccc3)c3ccc(N)c(Br)c3oc-2c1Br. The van der Waals surface area contributed by atoms with Crippen molar-refractivity contribution in [3.63, 3.8) is 0 Å². The molecule has 7 heteroatoms. The van der Waals surface area contributed by atoms with E-state index in [1.807, 2.05) is 12.1 Å². The van der Waals surface area contributed by atoms with Crippen LogP contribution in [0.25, 0.3) is 22.3 Å². The molecule has 4 rings (SSSR count). The van der Waals surface area contributed by atoms with Crippen LogP contribution in [0.4, 0.5) is 5.69 Å². The Kier molecular flexibility index (Phi) is 4.95. The van der Waals surface area contributed by atoms with Gasteiger partial charge in [0, 0.05) is 22.2 Å². The Morgan fingerprint density at radius 3 is 2.54 bits per heavy atom. The zero-order valence-electron chi connectivity index (χ0n) is 14.5. The first-order valence-electron chi connectivity index (χ1n) is 8.36. The van der Waals surface area contributed by atoms with Gasteiger partial charge in [-0.15, -0.1) is 0 Å². The summed E-state index contributed by atoms with van der Waals surface area (Å²) in [6, 6.07) is 15.9. The van der Waals surface area contributed by atoms with Crippen molar-refractivity contribution < 1.29 is 13.9 Å². The van der Waals surface area contributed by atoms with Crippen molar-refractivity contribution in [2.24, 2.45) is 0 Å². The second-order valence-electron chi connectivity index (χ2n) is 6.17. The van der Waals surface area contributed by atoms with E-state index in [0.29, 0.717) is 36.9 Å². The number of nitrogen functional groups attached to an aromatic ring is 1. The number of rotatable bonds is 3. The van der Waals surface area contributed by atoms with Gasteiger partial charge in [-0.25, -0.2) is 4.79 Å². The number of nitrogens with one attached hydrogen (secondary N) is 1. The minimum absolute atomic E-state index is 0.0528. The van der Waals surface area contributed by atoms with Crippen LogP contribution in [0.15, 0.2) is 68.0 Å². The third-order valence-corrected chi connectivity index (χ3v) is 6.04. The number of nitrogens with two attached hydrogens (primary N) is 1. The first-order chi connectivity index (χ1) is 13.5. The van der Waals surface area contributed by atoms with Gasteiger partial charge in [0.25, 0.3) is 0 Å². The standard InChI is InChI=1S/C21H14Br2N2O3/c22-17-15(24)8-6-12-14(10-27-21(26)11-4-2-1-3-5-11)13-7-9-16(25)18(23)20(13)28-19(12)17/h1-9,24H,10,25H2. The van der Waals surface area contributed by atoms with Gasteiger partial charge < -0.3 is 14.9 Å². The molecule has 0 aromatic heterocycles. The summed E-state index contributed by atoms with van der Waals surface area (Å²) in [4.78, 5) is 12.4. The van der Waals surface area contributed by atoms with Crippen molar-refractivity contribution in [2.45, 2.75) is 6.61 Å². The van der Waals surface area contributed by atoms with Crippen molar-refractivity contribution in [3.8, 4) is 11.3 Å². The van der Waals surface area contributed by atoms with Crippen LogP contribution in [0, 0.1) is 5.41 Å². The minimum atomic E-state index is -0.409. The highest BCUT2D eigenvalue weighted by Gasteiger charge is 2.22. The highest BCUT2D eigenvalue weighted by molar-refractivity contribution is 9.11. The summed E-state index contributed by atoms with van der Waals surface area (Å²) in [5.41, 5.74) is 9.09. The van der Waals surface area contributed by atoms with Crippen LogP contribution in [0.2, 0.25) is 0 Å². The van der Waals surface area contributed by atoms with E-state index >= 15 is 0 Å². The summed E-state index contributed by atoms with van der Waals surface area (Å²) in [5, 5.41) is 9.10. The first kappa shape index (κ1) is 18.7. The Bertz CT molecular complexity index is 1240. The van der Waals surface area contributed by atoms with Crippen LogP contribution in [0.1, 0.15) is 15.9 Å². The molecule has 1 heterocycles. The van der Waals surface area contributed by atoms with Gasteiger partial charge >= 0.3 is 5.97 Å². The predicted octanol–water partition coefficient (Wildman–Crippen LogP) is 5.48. The molecular weight excluding hydrogens is 488 g/mol. The second kappa shape index (κ2) is 7.41. The average Bonchev–Trinajstić information content (AvgIpc) is 2.72. The quantitative estimate of drug-likeness (QED) is 0.221. The molecule has 0 fully saturated rings. The first-order valence-corrected chi connectivity index (χ1v) is 9.94. The summed E-state index contributed by atoms with van der Waals surface area (Å²) in [6.07, 6.45) is 0. The fourth-order valence-electron chi connectivity index (χ4n) is 3.00. The second-order valence-corrected chi connectivity index (χ2v) is 7.76. The summed E-state index contributed by atoms with van der Waals surface area (Å²) in [5.74, 6) is 0.0884. The van der Waals surface area contributed by atoms with Crippen LogP contribution < -0.4 is 11.1 Å². The van der Waals surface area contributed by atoms with E-state index in [1.54, 1.807) is 42.5 Å². The van der Waals surface area contributed by atoms with Crippen molar-refractivity contribution in [1.29, 1.82) is 5.41 Å². The molecule has 140 valence electrons. The topological polar surface area (TPSA) is 89.3 Å². The smallest absolute Gasteiger partial charge is 0.338 e. The van der Waals surface area contributed by atoms with Crippen LogP contribution in [0.5, 0.6) is 0 Å². The molecule has 0 spiro atoms. The molecular formula is C21H14Br2N2O3. The average molecular weight is 502 g/mol. The molecule has 0 radical (unpaired) electrons. The lowest BCUT2D eigenvalue weighted by molar-refractivity contribution is 0.0474. The molecule has 0 bridgehead atoms.